The molecule has 2 nitrogen and oxygen atoms in total. The van der Waals surface area contributed by atoms with Crippen molar-refractivity contribution in [2.75, 3.05) is 19.6 Å². The van der Waals surface area contributed by atoms with Gasteiger partial charge < -0.3 is 5.32 Å². The number of nitrogens with zero attached hydrogens (tertiary/aromatic N) is 1. The smallest absolute Gasteiger partial charge is 0.0304 e. The predicted molar refractivity (Wildman–Crippen MR) is 72.0 cm³/mol. The Balaban J connectivity index is 2.67. The van der Waals surface area contributed by atoms with Crippen LogP contribution < -0.4 is 5.32 Å². The third kappa shape index (κ3) is 3.22. The molecule has 0 amide bonds. The first-order valence-corrected chi connectivity index (χ1v) is 6.89. The van der Waals surface area contributed by atoms with Crippen LogP contribution in [0.25, 0.3) is 0 Å². The molecule has 0 saturated carbocycles. The molecule has 0 aromatic heterocycles. The highest BCUT2D eigenvalue weighted by molar-refractivity contribution is 6.25. The van der Waals surface area contributed by atoms with Crippen molar-refractivity contribution in [3.05, 3.63) is 11.6 Å². The van der Waals surface area contributed by atoms with Crippen LogP contribution in [-0.2, 0) is 0 Å². The molecule has 16 heavy (non-hydrogen) atoms. The minimum Gasteiger partial charge on any atom is -0.308 e. The van der Waals surface area contributed by atoms with Crippen LogP contribution in [0.3, 0.4) is 0 Å². The SMILES string of the molecule is CCC1CNC(CC)(CC)CN1C/C=C/Cl. The van der Waals surface area contributed by atoms with Gasteiger partial charge in [-0.15, -0.1) is 0 Å². The van der Waals surface area contributed by atoms with Crippen molar-refractivity contribution >= 4 is 11.6 Å². The second-order valence-electron chi connectivity index (χ2n) is 4.72. The third-order valence-electron chi connectivity index (χ3n) is 3.99. The maximum absolute atomic E-state index is 5.63. The van der Waals surface area contributed by atoms with E-state index in [4.69, 9.17) is 11.6 Å². The molecule has 1 fully saturated rings. The van der Waals surface area contributed by atoms with Gasteiger partial charge in [-0.3, -0.25) is 4.90 Å². The predicted octanol–water partition coefficient (Wildman–Crippen LogP) is 2.98. The summed E-state index contributed by atoms with van der Waals surface area (Å²) in [7, 11) is 0. The van der Waals surface area contributed by atoms with Crippen molar-refractivity contribution in [2.45, 2.75) is 51.6 Å². The number of halogens is 1. The average Bonchev–Trinajstić information content (AvgIpc) is 2.35. The van der Waals surface area contributed by atoms with Crippen molar-refractivity contribution in [3.8, 4) is 0 Å². The van der Waals surface area contributed by atoms with E-state index in [1.54, 1.807) is 5.54 Å². The molecule has 0 aliphatic carbocycles. The van der Waals surface area contributed by atoms with Crippen LogP contribution in [0.4, 0.5) is 0 Å². The summed E-state index contributed by atoms with van der Waals surface area (Å²) in [5.41, 5.74) is 1.94. The van der Waals surface area contributed by atoms with Crippen LogP contribution >= 0.6 is 11.6 Å². The summed E-state index contributed by atoms with van der Waals surface area (Å²) in [5, 5.41) is 3.74. The van der Waals surface area contributed by atoms with E-state index < -0.39 is 0 Å². The zero-order valence-corrected chi connectivity index (χ0v) is 11.6. The van der Waals surface area contributed by atoms with Gasteiger partial charge in [0.25, 0.3) is 0 Å². The normalized spacial score (nSPS) is 26.4. The zero-order valence-electron chi connectivity index (χ0n) is 10.8. The van der Waals surface area contributed by atoms with E-state index in [-0.39, 0.29) is 0 Å². The van der Waals surface area contributed by atoms with Crippen LogP contribution in [0.15, 0.2) is 11.6 Å². The van der Waals surface area contributed by atoms with Gasteiger partial charge in [0.15, 0.2) is 0 Å². The summed E-state index contributed by atoms with van der Waals surface area (Å²) in [4.78, 5) is 2.56. The zero-order chi connectivity index (χ0) is 12.0. The largest absolute Gasteiger partial charge is 0.308 e. The number of nitrogens with one attached hydrogen (secondary N) is 1. The summed E-state index contributed by atoms with van der Waals surface area (Å²) in [6, 6.07) is 0.652. The first kappa shape index (κ1) is 14.0. The van der Waals surface area contributed by atoms with Gasteiger partial charge in [0.2, 0.25) is 0 Å². The minimum absolute atomic E-state index is 0.311. The van der Waals surface area contributed by atoms with Crippen molar-refractivity contribution in [3.63, 3.8) is 0 Å². The van der Waals surface area contributed by atoms with Gasteiger partial charge in [-0.2, -0.15) is 0 Å². The fourth-order valence-electron chi connectivity index (χ4n) is 2.55. The number of piperazine rings is 1. The van der Waals surface area contributed by atoms with Crippen LogP contribution in [0.2, 0.25) is 0 Å². The van der Waals surface area contributed by atoms with Crippen molar-refractivity contribution < 1.29 is 0 Å². The molecule has 1 N–H and O–H groups in total. The highest BCUT2D eigenvalue weighted by Gasteiger charge is 2.35. The van der Waals surface area contributed by atoms with Gasteiger partial charge in [0.1, 0.15) is 0 Å². The molecule has 1 atom stereocenters. The summed E-state index contributed by atoms with van der Waals surface area (Å²) in [6.45, 7) is 10.0. The Hall–Kier alpha value is -0.0500. The molecule has 0 bridgehead atoms. The molecule has 1 aliphatic rings. The fraction of sp³-hybridized carbons (Fsp3) is 0.846. The molecule has 1 aliphatic heterocycles. The fourth-order valence-corrected chi connectivity index (χ4v) is 2.63. The van der Waals surface area contributed by atoms with E-state index in [1.807, 2.05) is 6.08 Å². The summed E-state index contributed by atoms with van der Waals surface area (Å²) < 4.78 is 0. The maximum atomic E-state index is 5.63. The Morgan fingerprint density at radius 1 is 1.38 bits per heavy atom. The Morgan fingerprint density at radius 2 is 2.06 bits per heavy atom. The average molecular weight is 245 g/mol. The molecular weight excluding hydrogens is 220 g/mol. The molecule has 1 heterocycles. The lowest BCUT2D eigenvalue weighted by Gasteiger charge is -2.47. The highest BCUT2D eigenvalue weighted by atomic mass is 35.5. The Morgan fingerprint density at radius 3 is 2.56 bits per heavy atom. The van der Waals surface area contributed by atoms with E-state index >= 15 is 0 Å². The molecule has 94 valence electrons. The first-order chi connectivity index (χ1) is 7.71. The molecule has 1 unspecified atom stereocenters. The Kier molecular flexibility index (Phi) is 5.81. The summed E-state index contributed by atoms with van der Waals surface area (Å²) in [5.74, 6) is 0. The van der Waals surface area contributed by atoms with Crippen molar-refractivity contribution in [1.29, 1.82) is 0 Å². The van der Waals surface area contributed by atoms with E-state index in [2.05, 4.69) is 31.0 Å². The highest BCUT2D eigenvalue weighted by Crippen LogP contribution is 2.23. The second-order valence-corrected chi connectivity index (χ2v) is 4.97. The van der Waals surface area contributed by atoms with Gasteiger partial charge in [-0.05, 0) is 19.3 Å². The van der Waals surface area contributed by atoms with Crippen LogP contribution in [0.1, 0.15) is 40.0 Å². The molecule has 0 aromatic carbocycles. The summed E-state index contributed by atoms with van der Waals surface area (Å²) >= 11 is 5.63. The molecule has 1 saturated heterocycles. The minimum atomic E-state index is 0.311. The lowest BCUT2D eigenvalue weighted by molar-refractivity contribution is 0.0809. The standard InChI is InChI=1S/C13H25ClN2/c1-4-12-10-15-13(5-2,6-3)11-16(12)9-7-8-14/h7-8,12,15H,4-6,9-11H2,1-3H3/b8-7+. The molecule has 0 aromatic rings. The number of rotatable bonds is 5. The quantitative estimate of drug-likeness (QED) is 0.800. The van der Waals surface area contributed by atoms with Gasteiger partial charge in [-0.1, -0.05) is 38.4 Å². The Labute approximate surface area is 105 Å². The monoisotopic (exact) mass is 244 g/mol. The molecular formula is C13H25ClN2. The molecule has 0 radical (unpaired) electrons. The molecule has 1 rings (SSSR count). The Bertz CT molecular complexity index is 224. The van der Waals surface area contributed by atoms with Crippen LogP contribution in [-0.4, -0.2) is 36.1 Å². The topological polar surface area (TPSA) is 15.3 Å². The van der Waals surface area contributed by atoms with Crippen LogP contribution in [0.5, 0.6) is 0 Å². The van der Waals surface area contributed by atoms with Gasteiger partial charge in [0, 0.05) is 36.8 Å². The van der Waals surface area contributed by atoms with E-state index in [9.17, 15) is 0 Å². The third-order valence-corrected chi connectivity index (χ3v) is 4.17. The van der Waals surface area contributed by atoms with Crippen molar-refractivity contribution in [1.82, 2.24) is 10.2 Å². The lowest BCUT2D eigenvalue weighted by Crippen LogP contribution is -2.63. The van der Waals surface area contributed by atoms with Gasteiger partial charge >= 0.3 is 0 Å². The van der Waals surface area contributed by atoms with E-state index in [0.717, 1.165) is 19.6 Å². The first-order valence-electron chi connectivity index (χ1n) is 6.45. The van der Waals surface area contributed by atoms with E-state index in [0.29, 0.717) is 11.6 Å². The van der Waals surface area contributed by atoms with E-state index in [1.165, 1.54) is 19.3 Å². The maximum Gasteiger partial charge on any atom is 0.0304 e. The van der Waals surface area contributed by atoms with Gasteiger partial charge in [-0.25, -0.2) is 0 Å². The van der Waals surface area contributed by atoms with Crippen LogP contribution in [0, 0.1) is 0 Å². The number of hydrogen-bond donors (Lipinski definition) is 1. The van der Waals surface area contributed by atoms with Gasteiger partial charge in [0.05, 0.1) is 0 Å². The molecule has 0 spiro atoms. The summed E-state index contributed by atoms with van der Waals surface area (Å²) in [6.07, 6.45) is 5.64. The molecule has 3 heteroatoms. The number of hydrogen-bond acceptors (Lipinski definition) is 2. The van der Waals surface area contributed by atoms with Crippen molar-refractivity contribution in [2.24, 2.45) is 0 Å². The lowest BCUT2D eigenvalue weighted by atomic mass is 9.88. The second kappa shape index (κ2) is 6.63.